The van der Waals surface area contributed by atoms with Gasteiger partial charge in [-0.15, -0.1) is 0 Å². The Labute approximate surface area is 119 Å². The van der Waals surface area contributed by atoms with Crippen LogP contribution >= 0.6 is 0 Å². The van der Waals surface area contributed by atoms with Crippen LogP contribution in [0.4, 0.5) is 0 Å². The van der Waals surface area contributed by atoms with Gasteiger partial charge in [0.15, 0.2) is 0 Å². The molecule has 3 fully saturated rings. The number of nitrogens with one attached hydrogen (secondary N) is 1. The highest BCUT2D eigenvalue weighted by Gasteiger charge is 2.46. The third-order valence-corrected chi connectivity index (χ3v) is 6.05. The lowest BCUT2D eigenvalue weighted by molar-refractivity contribution is -0.0282. The van der Waals surface area contributed by atoms with Crippen molar-refractivity contribution in [2.24, 2.45) is 5.92 Å². The molecule has 0 aromatic rings. The van der Waals surface area contributed by atoms with Crippen molar-refractivity contribution in [2.45, 2.75) is 89.3 Å². The van der Waals surface area contributed by atoms with Crippen LogP contribution < -0.4 is 5.32 Å². The molecule has 19 heavy (non-hydrogen) atoms. The summed E-state index contributed by atoms with van der Waals surface area (Å²) >= 11 is 0. The van der Waals surface area contributed by atoms with Crippen LogP contribution in [0.3, 0.4) is 0 Å². The van der Waals surface area contributed by atoms with Crippen LogP contribution in [0.2, 0.25) is 0 Å². The van der Waals surface area contributed by atoms with E-state index in [0.29, 0.717) is 5.54 Å². The Morgan fingerprint density at radius 2 is 1.79 bits per heavy atom. The normalized spacial score (nSPS) is 32.1. The van der Waals surface area contributed by atoms with Gasteiger partial charge in [-0.25, -0.2) is 0 Å². The van der Waals surface area contributed by atoms with Crippen LogP contribution in [0.15, 0.2) is 0 Å². The Kier molecular flexibility index (Phi) is 4.19. The lowest BCUT2D eigenvalue weighted by Crippen LogP contribution is -2.68. The summed E-state index contributed by atoms with van der Waals surface area (Å²) in [6, 6.07) is 1.62. The number of piperazine rings is 1. The second-order valence-corrected chi connectivity index (χ2v) is 7.23. The maximum Gasteiger partial charge on any atom is 0.0337 e. The Morgan fingerprint density at radius 3 is 2.37 bits per heavy atom. The van der Waals surface area contributed by atoms with Gasteiger partial charge in [0, 0.05) is 30.7 Å². The molecule has 0 bridgehead atoms. The van der Waals surface area contributed by atoms with Crippen molar-refractivity contribution in [2.75, 3.05) is 13.1 Å². The standard InChI is InChI=1S/C17H32N2/c1-3-15(4-2)19-12-16(14-8-9-14)18-13-17(19)10-6-5-7-11-17/h14-16,18H,3-13H2,1-2H3. The van der Waals surface area contributed by atoms with E-state index in [4.69, 9.17) is 0 Å². The molecular weight excluding hydrogens is 232 g/mol. The third-order valence-electron chi connectivity index (χ3n) is 6.05. The van der Waals surface area contributed by atoms with Crippen molar-refractivity contribution in [3.05, 3.63) is 0 Å². The van der Waals surface area contributed by atoms with Crippen molar-refractivity contribution in [3.63, 3.8) is 0 Å². The fourth-order valence-corrected chi connectivity index (χ4v) is 4.65. The molecular formula is C17H32N2. The van der Waals surface area contributed by atoms with E-state index in [1.165, 1.54) is 70.9 Å². The number of rotatable bonds is 4. The Bertz CT molecular complexity index is 288. The fourth-order valence-electron chi connectivity index (χ4n) is 4.65. The summed E-state index contributed by atoms with van der Waals surface area (Å²) in [6.07, 6.45) is 12.8. The van der Waals surface area contributed by atoms with E-state index in [9.17, 15) is 0 Å². The highest BCUT2D eigenvalue weighted by atomic mass is 15.3. The third kappa shape index (κ3) is 2.71. The number of hydrogen-bond donors (Lipinski definition) is 1. The van der Waals surface area contributed by atoms with Gasteiger partial charge < -0.3 is 5.32 Å². The molecule has 1 saturated heterocycles. The van der Waals surface area contributed by atoms with Gasteiger partial charge in [0.1, 0.15) is 0 Å². The van der Waals surface area contributed by atoms with Crippen molar-refractivity contribution in [1.82, 2.24) is 10.2 Å². The average molecular weight is 264 g/mol. The predicted molar refractivity (Wildman–Crippen MR) is 81.4 cm³/mol. The first-order valence-electron chi connectivity index (χ1n) is 8.79. The first kappa shape index (κ1) is 13.9. The zero-order chi connectivity index (χ0) is 13.3. The molecule has 1 aliphatic heterocycles. The van der Waals surface area contributed by atoms with Crippen molar-refractivity contribution >= 4 is 0 Å². The van der Waals surface area contributed by atoms with Crippen LogP contribution in [-0.2, 0) is 0 Å². The van der Waals surface area contributed by atoms with Gasteiger partial charge in [-0.1, -0.05) is 33.1 Å². The van der Waals surface area contributed by atoms with Crippen molar-refractivity contribution in [1.29, 1.82) is 0 Å². The summed E-state index contributed by atoms with van der Waals surface area (Å²) in [5.41, 5.74) is 0.514. The molecule has 2 heteroatoms. The molecule has 0 radical (unpaired) electrons. The summed E-state index contributed by atoms with van der Waals surface area (Å²) in [7, 11) is 0. The van der Waals surface area contributed by atoms with E-state index in [-0.39, 0.29) is 0 Å². The Morgan fingerprint density at radius 1 is 1.11 bits per heavy atom. The van der Waals surface area contributed by atoms with E-state index < -0.39 is 0 Å². The van der Waals surface area contributed by atoms with Crippen LogP contribution in [0, 0.1) is 5.92 Å². The quantitative estimate of drug-likeness (QED) is 0.835. The lowest BCUT2D eigenvalue weighted by atomic mass is 9.76. The average Bonchev–Trinajstić information content (AvgIpc) is 3.28. The molecule has 2 nitrogen and oxygen atoms in total. The molecule has 0 amide bonds. The largest absolute Gasteiger partial charge is 0.311 e. The molecule has 0 aromatic carbocycles. The van der Waals surface area contributed by atoms with E-state index in [1.807, 2.05) is 0 Å². The van der Waals surface area contributed by atoms with Gasteiger partial charge >= 0.3 is 0 Å². The summed E-state index contributed by atoms with van der Waals surface area (Å²) < 4.78 is 0. The molecule has 2 saturated carbocycles. The van der Waals surface area contributed by atoms with Crippen LogP contribution in [0.1, 0.15) is 71.6 Å². The second-order valence-electron chi connectivity index (χ2n) is 7.23. The van der Waals surface area contributed by atoms with Gasteiger partial charge in [0.2, 0.25) is 0 Å². The fraction of sp³-hybridized carbons (Fsp3) is 1.00. The van der Waals surface area contributed by atoms with Gasteiger partial charge in [0.05, 0.1) is 0 Å². The van der Waals surface area contributed by atoms with Crippen molar-refractivity contribution in [3.8, 4) is 0 Å². The summed E-state index contributed by atoms with van der Waals surface area (Å²) in [5, 5.41) is 3.93. The topological polar surface area (TPSA) is 15.3 Å². The molecule has 3 rings (SSSR count). The minimum Gasteiger partial charge on any atom is -0.311 e. The highest BCUT2D eigenvalue weighted by molar-refractivity contribution is 5.05. The molecule has 1 spiro atoms. The number of hydrogen-bond acceptors (Lipinski definition) is 2. The smallest absolute Gasteiger partial charge is 0.0337 e. The van der Waals surface area contributed by atoms with Crippen LogP contribution in [0.25, 0.3) is 0 Å². The molecule has 1 N–H and O–H groups in total. The molecule has 3 aliphatic rings. The van der Waals surface area contributed by atoms with E-state index in [0.717, 1.165) is 18.0 Å². The predicted octanol–water partition coefficient (Wildman–Crippen LogP) is 3.56. The molecule has 0 aromatic heterocycles. The van der Waals surface area contributed by atoms with E-state index >= 15 is 0 Å². The SMILES string of the molecule is CCC(CC)N1CC(C2CC2)NCC12CCCCC2. The summed E-state index contributed by atoms with van der Waals surface area (Å²) in [5.74, 6) is 0.998. The zero-order valence-corrected chi connectivity index (χ0v) is 13.0. The van der Waals surface area contributed by atoms with Crippen LogP contribution in [-0.4, -0.2) is 35.6 Å². The highest BCUT2D eigenvalue weighted by Crippen LogP contribution is 2.41. The van der Waals surface area contributed by atoms with Crippen LogP contribution in [0.5, 0.6) is 0 Å². The van der Waals surface area contributed by atoms with E-state index in [2.05, 4.69) is 24.1 Å². The van der Waals surface area contributed by atoms with Gasteiger partial charge in [0.25, 0.3) is 0 Å². The maximum absolute atomic E-state index is 3.93. The van der Waals surface area contributed by atoms with Crippen molar-refractivity contribution < 1.29 is 0 Å². The summed E-state index contributed by atoms with van der Waals surface area (Å²) in [4.78, 5) is 2.96. The first-order chi connectivity index (χ1) is 9.29. The van der Waals surface area contributed by atoms with Gasteiger partial charge in [-0.3, -0.25) is 4.90 Å². The van der Waals surface area contributed by atoms with Gasteiger partial charge in [-0.05, 0) is 44.4 Å². The zero-order valence-electron chi connectivity index (χ0n) is 13.0. The molecule has 1 atom stereocenters. The lowest BCUT2D eigenvalue weighted by Gasteiger charge is -2.55. The molecule has 110 valence electrons. The molecule has 1 unspecified atom stereocenters. The Balaban J connectivity index is 1.76. The molecule has 2 aliphatic carbocycles. The maximum atomic E-state index is 3.93. The number of nitrogens with zero attached hydrogens (tertiary/aromatic N) is 1. The summed E-state index contributed by atoms with van der Waals surface area (Å²) in [6.45, 7) is 7.37. The van der Waals surface area contributed by atoms with E-state index in [1.54, 1.807) is 0 Å². The van der Waals surface area contributed by atoms with Gasteiger partial charge in [-0.2, -0.15) is 0 Å². The first-order valence-corrected chi connectivity index (χ1v) is 8.79. The monoisotopic (exact) mass is 264 g/mol. The molecule has 1 heterocycles. The minimum atomic E-state index is 0.514. The Hall–Kier alpha value is -0.0800. The second kappa shape index (κ2) is 5.73. The minimum absolute atomic E-state index is 0.514.